The SMILES string of the molecule is Cc1ccc(Nc2nc(N3CC(N)CC(N)C3)nc(N3CC(N)CC(N)C3)n2)c(C)c1. The van der Waals surface area contributed by atoms with Gasteiger partial charge in [0.25, 0.3) is 0 Å². The van der Waals surface area contributed by atoms with Crippen molar-refractivity contribution in [3.63, 3.8) is 0 Å². The van der Waals surface area contributed by atoms with Crippen molar-refractivity contribution in [1.82, 2.24) is 15.0 Å². The second-order valence-electron chi connectivity index (χ2n) is 9.02. The van der Waals surface area contributed by atoms with E-state index in [4.69, 9.17) is 37.9 Å². The second-order valence-corrected chi connectivity index (χ2v) is 9.02. The Balaban J connectivity index is 1.69. The van der Waals surface area contributed by atoms with Crippen LogP contribution in [-0.4, -0.2) is 65.3 Å². The monoisotopic (exact) mass is 426 g/mol. The number of benzene rings is 1. The zero-order valence-electron chi connectivity index (χ0n) is 18.3. The molecule has 2 fully saturated rings. The molecule has 1 aromatic heterocycles. The molecular weight excluding hydrogens is 392 g/mol. The van der Waals surface area contributed by atoms with E-state index in [2.05, 4.69) is 31.3 Å². The van der Waals surface area contributed by atoms with Gasteiger partial charge in [-0.3, -0.25) is 0 Å². The van der Waals surface area contributed by atoms with E-state index in [1.165, 1.54) is 5.56 Å². The van der Waals surface area contributed by atoms with Gasteiger partial charge in [0.15, 0.2) is 0 Å². The summed E-state index contributed by atoms with van der Waals surface area (Å²) in [6.07, 6.45) is 1.58. The van der Waals surface area contributed by atoms with Crippen molar-refractivity contribution >= 4 is 23.5 Å². The number of piperidine rings is 2. The highest BCUT2D eigenvalue weighted by molar-refractivity contribution is 5.60. The van der Waals surface area contributed by atoms with Crippen LogP contribution in [-0.2, 0) is 0 Å². The predicted molar refractivity (Wildman–Crippen MR) is 125 cm³/mol. The molecule has 168 valence electrons. The molecule has 2 aliphatic rings. The molecule has 10 heteroatoms. The Morgan fingerprint density at radius 1 is 0.774 bits per heavy atom. The fourth-order valence-corrected chi connectivity index (χ4v) is 4.45. The summed E-state index contributed by atoms with van der Waals surface area (Å²) >= 11 is 0. The van der Waals surface area contributed by atoms with Crippen LogP contribution in [0.15, 0.2) is 18.2 Å². The topological polar surface area (TPSA) is 161 Å². The van der Waals surface area contributed by atoms with Crippen molar-refractivity contribution < 1.29 is 0 Å². The van der Waals surface area contributed by atoms with Crippen LogP contribution >= 0.6 is 0 Å². The lowest BCUT2D eigenvalue weighted by Gasteiger charge is -2.37. The van der Waals surface area contributed by atoms with Crippen molar-refractivity contribution in [2.75, 3.05) is 41.3 Å². The zero-order chi connectivity index (χ0) is 22.1. The van der Waals surface area contributed by atoms with Gasteiger partial charge in [0.1, 0.15) is 0 Å². The Labute approximate surface area is 183 Å². The number of rotatable bonds is 4. The largest absolute Gasteiger partial charge is 0.338 e. The molecule has 3 heterocycles. The Bertz CT molecular complexity index is 855. The molecule has 0 bridgehead atoms. The first kappa shape index (κ1) is 21.7. The number of aromatic nitrogens is 3. The minimum absolute atomic E-state index is 0.0171. The maximum absolute atomic E-state index is 6.21. The summed E-state index contributed by atoms with van der Waals surface area (Å²) in [6, 6.07) is 6.15. The molecule has 0 saturated carbocycles. The van der Waals surface area contributed by atoms with E-state index in [-0.39, 0.29) is 24.2 Å². The summed E-state index contributed by atoms with van der Waals surface area (Å²) in [4.78, 5) is 18.3. The van der Waals surface area contributed by atoms with Crippen LogP contribution < -0.4 is 38.1 Å². The van der Waals surface area contributed by atoms with E-state index < -0.39 is 0 Å². The van der Waals surface area contributed by atoms with Crippen molar-refractivity contribution in [2.24, 2.45) is 22.9 Å². The molecule has 4 rings (SSSR count). The lowest BCUT2D eigenvalue weighted by Crippen LogP contribution is -2.54. The van der Waals surface area contributed by atoms with Gasteiger partial charge in [0, 0.05) is 56.0 Å². The van der Waals surface area contributed by atoms with Gasteiger partial charge in [-0.2, -0.15) is 15.0 Å². The van der Waals surface area contributed by atoms with Gasteiger partial charge in [-0.1, -0.05) is 17.7 Å². The molecule has 10 nitrogen and oxygen atoms in total. The molecular formula is C21H34N10. The summed E-state index contributed by atoms with van der Waals surface area (Å²) in [6.45, 7) is 6.74. The number of hydrogen-bond acceptors (Lipinski definition) is 10. The van der Waals surface area contributed by atoms with Crippen molar-refractivity contribution in [3.8, 4) is 0 Å². The van der Waals surface area contributed by atoms with Crippen LogP contribution in [0.5, 0.6) is 0 Å². The standard InChI is InChI=1S/C21H34N10/c1-12-3-4-18(13(2)5-12)26-19-27-20(30-8-14(22)6-15(23)9-30)29-21(28-19)31-10-16(24)7-17(25)11-31/h3-5,14-17H,6-11,22-25H2,1-2H3,(H,26,27,28,29). The van der Waals surface area contributed by atoms with E-state index in [1.807, 2.05) is 15.9 Å². The van der Waals surface area contributed by atoms with Crippen LogP contribution in [0.4, 0.5) is 23.5 Å². The molecule has 4 atom stereocenters. The smallest absolute Gasteiger partial charge is 0.233 e. The normalized spacial score (nSPS) is 26.8. The maximum Gasteiger partial charge on any atom is 0.233 e. The molecule has 2 saturated heterocycles. The Morgan fingerprint density at radius 2 is 1.26 bits per heavy atom. The third kappa shape index (κ3) is 5.21. The number of nitrogens with zero attached hydrogens (tertiary/aromatic N) is 5. The zero-order valence-corrected chi connectivity index (χ0v) is 18.3. The molecule has 0 amide bonds. The molecule has 0 aliphatic carbocycles. The Morgan fingerprint density at radius 3 is 1.71 bits per heavy atom. The van der Waals surface area contributed by atoms with Crippen LogP contribution in [0, 0.1) is 13.8 Å². The van der Waals surface area contributed by atoms with Crippen LogP contribution in [0.25, 0.3) is 0 Å². The van der Waals surface area contributed by atoms with Gasteiger partial charge >= 0.3 is 0 Å². The van der Waals surface area contributed by atoms with Gasteiger partial charge in [0.2, 0.25) is 17.8 Å². The number of anilines is 4. The van der Waals surface area contributed by atoms with Crippen molar-refractivity contribution in [1.29, 1.82) is 0 Å². The lowest BCUT2D eigenvalue weighted by molar-refractivity contribution is 0.441. The number of hydrogen-bond donors (Lipinski definition) is 5. The van der Waals surface area contributed by atoms with E-state index in [0.29, 0.717) is 44.0 Å². The second kappa shape index (κ2) is 8.91. The fourth-order valence-electron chi connectivity index (χ4n) is 4.45. The summed E-state index contributed by atoms with van der Waals surface area (Å²) in [7, 11) is 0. The van der Waals surface area contributed by atoms with E-state index in [0.717, 1.165) is 24.1 Å². The van der Waals surface area contributed by atoms with Crippen LogP contribution in [0.3, 0.4) is 0 Å². The van der Waals surface area contributed by atoms with E-state index >= 15 is 0 Å². The van der Waals surface area contributed by atoms with Gasteiger partial charge in [-0.05, 0) is 38.3 Å². The fraction of sp³-hybridized carbons (Fsp3) is 0.571. The Hall–Kier alpha value is -2.53. The molecule has 9 N–H and O–H groups in total. The van der Waals surface area contributed by atoms with Crippen LogP contribution in [0.2, 0.25) is 0 Å². The first-order valence-electron chi connectivity index (χ1n) is 10.9. The average molecular weight is 427 g/mol. The average Bonchev–Trinajstić information content (AvgIpc) is 2.68. The van der Waals surface area contributed by atoms with E-state index in [9.17, 15) is 0 Å². The summed E-state index contributed by atoms with van der Waals surface area (Å²) in [5, 5.41) is 3.36. The van der Waals surface area contributed by atoms with Crippen molar-refractivity contribution in [2.45, 2.75) is 50.9 Å². The molecule has 0 spiro atoms. The molecule has 4 unspecified atom stereocenters. The summed E-state index contributed by atoms with van der Waals surface area (Å²) < 4.78 is 0. The number of aryl methyl sites for hydroxylation is 2. The molecule has 2 aliphatic heterocycles. The van der Waals surface area contributed by atoms with Gasteiger partial charge in [-0.15, -0.1) is 0 Å². The quantitative estimate of drug-likeness (QED) is 0.448. The number of nitrogens with one attached hydrogen (secondary N) is 1. The maximum atomic E-state index is 6.21. The Kier molecular flexibility index (Phi) is 6.24. The number of nitrogens with two attached hydrogens (primary N) is 4. The highest BCUT2D eigenvalue weighted by Gasteiger charge is 2.28. The highest BCUT2D eigenvalue weighted by atomic mass is 15.4. The van der Waals surface area contributed by atoms with Crippen LogP contribution in [0.1, 0.15) is 24.0 Å². The molecule has 1 aromatic carbocycles. The first-order valence-corrected chi connectivity index (χ1v) is 10.9. The van der Waals surface area contributed by atoms with Gasteiger partial charge < -0.3 is 38.1 Å². The predicted octanol–water partition coefficient (Wildman–Crippen LogP) is -0.0386. The highest BCUT2D eigenvalue weighted by Crippen LogP contribution is 2.25. The summed E-state index contributed by atoms with van der Waals surface area (Å²) in [5.41, 5.74) is 28.1. The minimum Gasteiger partial charge on any atom is -0.338 e. The van der Waals surface area contributed by atoms with Crippen molar-refractivity contribution in [3.05, 3.63) is 29.3 Å². The van der Waals surface area contributed by atoms with Gasteiger partial charge in [-0.25, -0.2) is 0 Å². The summed E-state index contributed by atoms with van der Waals surface area (Å²) in [5.74, 6) is 1.61. The third-order valence-corrected chi connectivity index (χ3v) is 5.84. The minimum atomic E-state index is -0.0171. The lowest BCUT2D eigenvalue weighted by atomic mass is 10.0. The van der Waals surface area contributed by atoms with E-state index in [1.54, 1.807) is 0 Å². The molecule has 0 radical (unpaired) electrons. The first-order chi connectivity index (χ1) is 14.8. The third-order valence-electron chi connectivity index (χ3n) is 5.84. The molecule has 2 aromatic rings. The molecule has 31 heavy (non-hydrogen) atoms. The van der Waals surface area contributed by atoms with Gasteiger partial charge in [0.05, 0.1) is 0 Å².